The molecule has 1 aliphatic rings. The van der Waals surface area contributed by atoms with Gasteiger partial charge in [0.25, 0.3) is 0 Å². The Kier molecular flexibility index (Phi) is 8.14. The Morgan fingerprint density at radius 1 is 1.32 bits per heavy atom. The van der Waals surface area contributed by atoms with Crippen LogP contribution in [0.2, 0.25) is 5.02 Å². The molecule has 7 nitrogen and oxygen atoms in total. The fourth-order valence-electron chi connectivity index (χ4n) is 2.61. The molecule has 25 heavy (non-hydrogen) atoms. The van der Waals surface area contributed by atoms with E-state index in [1.165, 1.54) is 0 Å². The topological polar surface area (TPSA) is 90.9 Å². The summed E-state index contributed by atoms with van der Waals surface area (Å²) in [7, 11) is 0. The van der Waals surface area contributed by atoms with E-state index < -0.39 is 12.0 Å². The molecule has 0 spiro atoms. The molecule has 1 fully saturated rings. The van der Waals surface area contributed by atoms with E-state index in [-0.39, 0.29) is 12.3 Å². The number of carboxylic acid groups (broad SMARTS) is 1. The number of morpholine rings is 1. The molecule has 0 bridgehead atoms. The number of carbonyl (C=O) groups excluding carboxylic acids is 1. The van der Waals surface area contributed by atoms with E-state index in [9.17, 15) is 14.7 Å². The molecule has 1 aromatic carbocycles. The zero-order chi connectivity index (χ0) is 18.1. The van der Waals surface area contributed by atoms with Gasteiger partial charge in [0.05, 0.1) is 19.6 Å². The molecule has 0 saturated carbocycles. The molecule has 1 aliphatic heterocycles. The van der Waals surface area contributed by atoms with Gasteiger partial charge < -0.3 is 20.5 Å². The maximum absolute atomic E-state index is 12.0. The zero-order valence-corrected chi connectivity index (χ0v) is 14.8. The average molecular weight is 370 g/mol. The Labute approximate surface area is 152 Å². The lowest BCUT2D eigenvalue weighted by Gasteiger charge is -2.26. The fraction of sp³-hybridized carbons (Fsp3) is 0.529. The van der Waals surface area contributed by atoms with Crippen molar-refractivity contribution >= 4 is 29.2 Å². The van der Waals surface area contributed by atoms with E-state index in [0.717, 1.165) is 39.3 Å². The first-order valence-electron chi connectivity index (χ1n) is 8.36. The number of benzene rings is 1. The molecule has 0 aliphatic carbocycles. The highest BCUT2D eigenvalue weighted by atomic mass is 35.5. The molecule has 2 rings (SSSR count). The van der Waals surface area contributed by atoms with Gasteiger partial charge in [-0.15, -0.1) is 0 Å². The molecule has 138 valence electrons. The molecular weight excluding hydrogens is 346 g/mol. The number of carboxylic acids is 1. The summed E-state index contributed by atoms with van der Waals surface area (Å²) in [4.78, 5) is 25.7. The quantitative estimate of drug-likeness (QED) is 0.570. The minimum atomic E-state index is -1.03. The van der Waals surface area contributed by atoms with Crippen molar-refractivity contribution in [2.24, 2.45) is 0 Å². The molecule has 1 saturated heterocycles. The Morgan fingerprint density at radius 2 is 2.08 bits per heavy atom. The van der Waals surface area contributed by atoms with Crippen LogP contribution in [0, 0.1) is 0 Å². The first-order valence-corrected chi connectivity index (χ1v) is 8.74. The molecule has 0 radical (unpaired) electrons. The molecule has 1 heterocycles. The van der Waals surface area contributed by atoms with Gasteiger partial charge in [0.15, 0.2) is 0 Å². The highest BCUT2D eigenvalue weighted by Gasteiger charge is 2.20. The molecular formula is C17H24ClN3O4. The van der Waals surface area contributed by atoms with Crippen molar-refractivity contribution in [3.63, 3.8) is 0 Å². The van der Waals surface area contributed by atoms with Crippen LogP contribution in [0.25, 0.3) is 0 Å². The van der Waals surface area contributed by atoms with Crippen LogP contribution in [0.15, 0.2) is 24.3 Å². The largest absolute Gasteiger partial charge is 0.480 e. The van der Waals surface area contributed by atoms with Crippen LogP contribution < -0.4 is 10.6 Å². The van der Waals surface area contributed by atoms with E-state index in [2.05, 4.69) is 15.5 Å². The third-order valence-electron chi connectivity index (χ3n) is 3.94. The van der Waals surface area contributed by atoms with Crippen molar-refractivity contribution < 1.29 is 19.4 Å². The van der Waals surface area contributed by atoms with Crippen LogP contribution in [0.5, 0.6) is 0 Å². The Bertz CT molecular complexity index is 579. The van der Waals surface area contributed by atoms with Gasteiger partial charge >= 0.3 is 5.97 Å². The van der Waals surface area contributed by atoms with Crippen LogP contribution in [-0.2, 0) is 14.3 Å². The molecule has 1 aromatic rings. The van der Waals surface area contributed by atoms with Crippen LogP contribution >= 0.6 is 11.6 Å². The van der Waals surface area contributed by atoms with Gasteiger partial charge in [-0.05, 0) is 37.7 Å². The van der Waals surface area contributed by atoms with Gasteiger partial charge in [0.2, 0.25) is 5.91 Å². The number of halogens is 1. The normalized spacial score (nSPS) is 16.4. The Morgan fingerprint density at radius 3 is 2.76 bits per heavy atom. The number of ether oxygens (including phenoxy) is 1. The molecule has 1 unspecified atom stereocenters. The SMILES string of the molecule is O=C(CC(NCCCN1CCOCC1)C(=O)O)Nc1cccc(Cl)c1. The summed E-state index contributed by atoms with van der Waals surface area (Å²) in [5.41, 5.74) is 0.550. The standard InChI is InChI=1S/C17H24ClN3O4/c18-13-3-1-4-14(11-13)20-16(22)12-15(17(23)24)19-5-2-6-21-7-9-25-10-8-21/h1,3-4,11,15,19H,2,5-10,12H2,(H,20,22)(H,23,24). The second-order valence-corrected chi connectivity index (χ2v) is 6.35. The van der Waals surface area contributed by atoms with E-state index in [1.807, 2.05) is 0 Å². The number of carbonyl (C=O) groups is 2. The second kappa shape index (κ2) is 10.4. The maximum atomic E-state index is 12.0. The summed E-state index contributed by atoms with van der Waals surface area (Å²) in [6.45, 7) is 4.73. The van der Waals surface area contributed by atoms with Crippen LogP contribution in [0.4, 0.5) is 5.69 Å². The first kappa shape index (κ1) is 19.7. The summed E-state index contributed by atoms with van der Waals surface area (Å²) in [5, 5.41) is 15.4. The number of aliphatic carboxylic acids is 1. The van der Waals surface area contributed by atoms with Crippen molar-refractivity contribution in [1.82, 2.24) is 10.2 Å². The van der Waals surface area contributed by atoms with E-state index in [4.69, 9.17) is 16.3 Å². The highest BCUT2D eigenvalue weighted by molar-refractivity contribution is 6.30. The van der Waals surface area contributed by atoms with Crippen molar-refractivity contribution in [3.05, 3.63) is 29.3 Å². The lowest BCUT2D eigenvalue weighted by atomic mass is 10.2. The summed E-state index contributed by atoms with van der Waals surface area (Å²) >= 11 is 5.86. The minimum Gasteiger partial charge on any atom is -0.480 e. The lowest BCUT2D eigenvalue weighted by molar-refractivity contribution is -0.141. The number of nitrogens with zero attached hydrogens (tertiary/aromatic N) is 1. The summed E-state index contributed by atoms with van der Waals surface area (Å²) in [5.74, 6) is -1.40. The first-order chi connectivity index (χ1) is 12.0. The lowest BCUT2D eigenvalue weighted by Crippen LogP contribution is -2.42. The molecule has 0 aromatic heterocycles. The average Bonchev–Trinajstić information content (AvgIpc) is 2.58. The van der Waals surface area contributed by atoms with Crippen molar-refractivity contribution in [1.29, 1.82) is 0 Å². The van der Waals surface area contributed by atoms with E-state index in [1.54, 1.807) is 24.3 Å². The third-order valence-corrected chi connectivity index (χ3v) is 4.18. The Balaban J connectivity index is 1.71. The number of hydrogen-bond donors (Lipinski definition) is 3. The van der Waals surface area contributed by atoms with E-state index in [0.29, 0.717) is 17.3 Å². The van der Waals surface area contributed by atoms with Crippen molar-refractivity contribution in [2.75, 3.05) is 44.7 Å². The molecule has 3 N–H and O–H groups in total. The van der Waals surface area contributed by atoms with Gasteiger partial charge in [-0.25, -0.2) is 0 Å². The number of hydrogen-bond acceptors (Lipinski definition) is 5. The van der Waals surface area contributed by atoms with E-state index >= 15 is 0 Å². The minimum absolute atomic E-state index is 0.139. The Hall–Kier alpha value is -1.67. The number of rotatable bonds is 9. The summed E-state index contributed by atoms with van der Waals surface area (Å²) < 4.78 is 5.29. The van der Waals surface area contributed by atoms with Crippen LogP contribution in [-0.4, -0.2) is 67.3 Å². The highest BCUT2D eigenvalue weighted by Crippen LogP contribution is 2.15. The van der Waals surface area contributed by atoms with Crippen LogP contribution in [0.1, 0.15) is 12.8 Å². The summed E-state index contributed by atoms with van der Waals surface area (Å²) in [6, 6.07) is 5.83. The van der Waals surface area contributed by atoms with Gasteiger partial charge in [0.1, 0.15) is 6.04 Å². The summed E-state index contributed by atoms with van der Waals surface area (Å²) in [6.07, 6.45) is 0.680. The third kappa shape index (κ3) is 7.39. The van der Waals surface area contributed by atoms with Gasteiger partial charge in [-0.1, -0.05) is 17.7 Å². The smallest absolute Gasteiger partial charge is 0.321 e. The van der Waals surface area contributed by atoms with Crippen LogP contribution in [0.3, 0.4) is 0 Å². The number of anilines is 1. The second-order valence-electron chi connectivity index (χ2n) is 5.92. The predicted octanol–water partition coefficient (Wildman–Crippen LogP) is 1.43. The van der Waals surface area contributed by atoms with Gasteiger partial charge in [0, 0.05) is 23.8 Å². The number of amides is 1. The van der Waals surface area contributed by atoms with Gasteiger partial charge in [-0.3, -0.25) is 14.5 Å². The molecule has 1 atom stereocenters. The van der Waals surface area contributed by atoms with Crippen molar-refractivity contribution in [3.8, 4) is 0 Å². The molecule has 8 heteroatoms. The van der Waals surface area contributed by atoms with Gasteiger partial charge in [-0.2, -0.15) is 0 Å². The van der Waals surface area contributed by atoms with Crippen molar-refractivity contribution in [2.45, 2.75) is 18.9 Å². The predicted molar refractivity (Wildman–Crippen MR) is 96.0 cm³/mol. The monoisotopic (exact) mass is 369 g/mol. The maximum Gasteiger partial charge on any atom is 0.321 e. The molecule has 1 amide bonds. The zero-order valence-electron chi connectivity index (χ0n) is 14.0. The fourth-order valence-corrected chi connectivity index (χ4v) is 2.80. The number of nitrogens with one attached hydrogen (secondary N) is 2.